The molecule has 0 saturated carbocycles. The number of aliphatic hydroxyl groups excluding tert-OH is 1. The number of hydrogen-bond acceptors (Lipinski definition) is 4. The number of aliphatic hydroxyl groups is 1. The van der Waals surface area contributed by atoms with Crippen LogP contribution in [0.15, 0.2) is 29.2 Å². The van der Waals surface area contributed by atoms with E-state index < -0.39 is 0 Å². The fourth-order valence-electron chi connectivity index (χ4n) is 2.49. The minimum atomic E-state index is -0.363. The maximum Gasteiger partial charge on any atom is 0.0802 e. The predicted octanol–water partition coefficient (Wildman–Crippen LogP) is 3.58. The van der Waals surface area contributed by atoms with Crippen molar-refractivity contribution in [3.63, 3.8) is 0 Å². The fraction of sp³-hybridized carbons (Fsp3) is 0.667. The van der Waals surface area contributed by atoms with Crippen LogP contribution in [-0.4, -0.2) is 48.6 Å². The molecule has 0 bridgehead atoms. The van der Waals surface area contributed by atoms with Gasteiger partial charge in [0.2, 0.25) is 0 Å². The van der Waals surface area contributed by atoms with E-state index in [9.17, 15) is 5.11 Å². The molecule has 22 heavy (non-hydrogen) atoms. The van der Waals surface area contributed by atoms with Crippen molar-refractivity contribution in [1.82, 2.24) is 4.90 Å². The van der Waals surface area contributed by atoms with Crippen molar-refractivity contribution in [3.05, 3.63) is 29.8 Å². The Morgan fingerprint density at radius 1 is 1.14 bits per heavy atom. The van der Waals surface area contributed by atoms with Crippen molar-refractivity contribution in [3.8, 4) is 0 Å². The summed E-state index contributed by atoms with van der Waals surface area (Å²) < 4.78 is 5.34. The summed E-state index contributed by atoms with van der Waals surface area (Å²) in [6, 6.07) is 8.42. The maximum atomic E-state index is 10.3. The van der Waals surface area contributed by atoms with Crippen molar-refractivity contribution in [2.75, 3.05) is 38.6 Å². The van der Waals surface area contributed by atoms with Gasteiger partial charge in [-0.2, -0.15) is 0 Å². The lowest BCUT2D eigenvalue weighted by Crippen LogP contribution is -2.37. The summed E-state index contributed by atoms with van der Waals surface area (Å²) in [5.41, 5.74) is 1.03. The highest BCUT2D eigenvalue weighted by Crippen LogP contribution is 2.24. The topological polar surface area (TPSA) is 32.7 Å². The third-order valence-electron chi connectivity index (χ3n) is 4.05. The van der Waals surface area contributed by atoms with Crippen LogP contribution in [0.5, 0.6) is 0 Å². The van der Waals surface area contributed by atoms with Crippen LogP contribution in [0.4, 0.5) is 0 Å². The number of morpholine rings is 1. The second-order valence-electron chi connectivity index (χ2n) is 6.36. The van der Waals surface area contributed by atoms with Crippen LogP contribution in [0.3, 0.4) is 0 Å². The molecule has 3 nitrogen and oxygen atoms in total. The van der Waals surface area contributed by atoms with Crippen molar-refractivity contribution in [2.24, 2.45) is 5.92 Å². The molecule has 0 spiro atoms. The van der Waals surface area contributed by atoms with Gasteiger partial charge in [0.05, 0.1) is 19.3 Å². The van der Waals surface area contributed by atoms with E-state index in [-0.39, 0.29) is 6.10 Å². The van der Waals surface area contributed by atoms with Gasteiger partial charge in [-0.3, -0.25) is 4.90 Å². The zero-order valence-corrected chi connectivity index (χ0v) is 14.6. The molecule has 1 unspecified atom stereocenters. The molecule has 1 saturated heterocycles. The van der Waals surface area contributed by atoms with E-state index in [1.54, 1.807) is 0 Å². The van der Waals surface area contributed by atoms with Gasteiger partial charge in [0.25, 0.3) is 0 Å². The lowest BCUT2D eigenvalue weighted by atomic mass is 10.1. The molecule has 0 aliphatic carbocycles. The van der Waals surface area contributed by atoms with Crippen molar-refractivity contribution in [1.29, 1.82) is 0 Å². The third-order valence-corrected chi connectivity index (χ3v) is 5.10. The van der Waals surface area contributed by atoms with E-state index in [1.165, 1.54) is 11.3 Å². The molecule has 1 aliphatic heterocycles. The number of rotatable bonds is 8. The molecule has 1 atom stereocenters. The molecule has 2 rings (SSSR count). The fourth-order valence-corrected chi connectivity index (χ4v) is 3.65. The summed E-state index contributed by atoms with van der Waals surface area (Å²) in [4.78, 5) is 3.66. The molecule has 4 heteroatoms. The first-order valence-corrected chi connectivity index (χ1v) is 9.34. The van der Waals surface area contributed by atoms with Gasteiger partial charge < -0.3 is 9.84 Å². The molecular formula is C18H29NO2S. The lowest BCUT2D eigenvalue weighted by molar-refractivity contribution is 0.0300. The number of benzene rings is 1. The first kappa shape index (κ1) is 17.8. The van der Waals surface area contributed by atoms with Gasteiger partial charge in [0, 0.05) is 24.5 Å². The van der Waals surface area contributed by atoms with E-state index in [0.717, 1.165) is 56.5 Å². The highest BCUT2D eigenvalue weighted by atomic mass is 32.2. The SMILES string of the molecule is CC(C)CCSc1ccc(C(O)CCN2CCOCC2)cc1. The van der Waals surface area contributed by atoms with E-state index >= 15 is 0 Å². The lowest BCUT2D eigenvalue weighted by Gasteiger charge is -2.27. The van der Waals surface area contributed by atoms with E-state index in [0.29, 0.717) is 0 Å². The van der Waals surface area contributed by atoms with Crippen molar-refractivity contribution in [2.45, 2.75) is 37.7 Å². The number of nitrogens with zero attached hydrogens (tertiary/aromatic N) is 1. The Morgan fingerprint density at radius 2 is 1.82 bits per heavy atom. The quantitative estimate of drug-likeness (QED) is 0.741. The molecule has 0 amide bonds. The standard InChI is InChI=1S/C18H29NO2S/c1-15(2)8-14-22-17-5-3-16(4-6-17)18(20)7-9-19-10-12-21-13-11-19/h3-6,15,18,20H,7-14H2,1-2H3. The average molecular weight is 324 g/mol. The van der Waals surface area contributed by atoms with Crippen molar-refractivity contribution < 1.29 is 9.84 Å². The minimum absolute atomic E-state index is 0.363. The number of thioether (sulfide) groups is 1. The van der Waals surface area contributed by atoms with Crippen molar-refractivity contribution >= 4 is 11.8 Å². The normalized spacial score (nSPS) is 17.8. The van der Waals surface area contributed by atoms with E-state index in [1.807, 2.05) is 11.8 Å². The molecular weight excluding hydrogens is 294 g/mol. The van der Waals surface area contributed by atoms with E-state index in [4.69, 9.17) is 4.74 Å². The second-order valence-corrected chi connectivity index (χ2v) is 7.53. The number of hydrogen-bond donors (Lipinski definition) is 1. The largest absolute Gasteiger partial charge is 0.388 e. The van der Waals surface area contributed by atoms with Gasteiger partial charge in [0.1, 0.15) is 0 Å². The summed E-state index contributed by atoms with van der Waals surface area (Å²) in [6.45, 7) is 9.06. The Morgan fingerprint density at radius 3 is 2.45 bits per heavy atom. The van der Waals surface area contributed by atoms with Crippen LogP contribution in [0, 0.1) is 5.92 Å². The maximum absolute atomic E-state index is 10.3. The molecule has 1 fully saturated rings. The van der Waals surface area contributed by atoms with Gasteiger partial charge in [-0.05, 0) is 42.2 Å². The van der Waals surface area contributed by atoms with E-state index in [2.05, 4.69) is 43.0 Å². The summed E-state index contributed by atoms with van der Waals surface area (Å²) in [5, 5.41) is 10.3. The molecule has 1 N–H and O–H groups in total. The minimum Gasteiger partial charge on any atom is -0.388 e. The number of ether oxygens (including phenoxy) is 1. The summed E-state index contributed by atoms with van der Waals surface area (Å²) in [5.74, 6) is 1.92. The predicted molar refractivity (Wildman–Crippen MR) is 93.5 cm³/mol. The Hall–Kier alpha value is -0.550. The first-order valence-electron chi connectivity index (χ1n) is 8.36. The van der Waals surface area contributed by atoms with Crippen LogP contribution in [-0.2, 0) is 4.74 Å². The molecule has 1 heterocycles. The molecule has 1 aromatic carbocycles. The molecule has 0 radical (unpaired) electrons. The monoisotopic (exact) mass is 323 g/mol. The molecule has 0 aromatic heterocycles. The zero-order chi connectivity index (χ0) is 15.8. The third kappa shape index (κ3) is 6.29. The summed E-state index contributed by atoms with van der Waals surface area (Å²) in [7, 11) is 0. The van der Waals surface area contributed by atoms with Gasteiger partial charge >= 0.3 is 0 Å². The Labute approximate surface area is 139 Å². The second kappa shape index (κ2) is 9.56. The summed E-state index contributed by atoms with van der Waals surface area (Å²) >= 11 is 1.90. The molecule has 1 aromatic rings. The molecule has 124 valence electrons. The zero-order valence-electron chi connectivity index (χ0n) is 13.8. The highest BCUT2D eigenvalue weighted by molar-refractivity contribution is 7.99. The van der Waals surface area contributed by atoms with Gasteiger partial charge in [0.15, 0.2) is 0 Å². The Kier molecular flexibility index (Phi) is 7.73. The van der Waals surface area contributed by atoms with Crippen LogP contribution in [0.25, 0.3) is 0 Å². The van der Waals surface area contributed by atoms with Gasteiger partial charge in [-0.1, -0.05) is 26.0 Å². The van der Waals surface area contributed by atoms with Crippen LogP contribution in [0.2, 0.25) is 0 Å². The van der Waals surface area contributed by atoms with Crippen LogP contribution < -0.4 is 0 Å². The van der Waals surface area contributed by atoms with Gasteiger partial charge in [-0.25, -0.2) is 0 Å². The molecule has 1 aliphatic rings. The van der Waals surface area contributed by atoms with Crippen LogP contribution in [0.1, 0.15) is 38.4 Å². The van der Waals surface area contributed by atoms with Gasteiger partial charge in [-0.15, -0.1) is 11.8 Å². The smallest absolute Gasteiger partial charge is 0.0802 e. The first-order chi connectivity index (χ1) is 10.6. The highest BCUT2D eigenvalue weighted by Gasteiger charge is 2.13. The summed E-state index contributed by atoms with van der Waals surface area (Å²) in [6.07, 6.45) is 1.67. The van der Waals surface area contributed by atoms with Crippen LogP contribution >= 0.6 is 11.8 Å². The average Bonchev–Trinajstić information content (AvgIpc) is 2.54. The Bertz CT molecular complexity index is 416. The Balaban J connectivity index is 1.73.